The van der Waals surface area contributed by atoms with Crippen LogP contribution in [0.4, 0.5) is 0 Å². The number of rotatable bonds is 9. The van der Waals surface area contributed by atoms with E-state index in [1.807, 2.05) is 33.9 Å². The molecule has 6 rings (SSSR count). The van der Waals surface area contributed by atoms with Gasteiger partial charge in [-0.05, 0) is 101 Å². The van der Waals surface area contributed by atoms with E-state index in [1.54, 1.807) is 0 Å². The zero-order chi connectivity index (χ0) is 36.9. The number of aromatic nitrogens is 1. The van der Waals surface area contributed by atoms with Crippen molar-refractivity contribution in [3.8, 4) is 11.3 Å². The summed E-state index contributed by atoms with van der Waals surface area (Å²) in [4.78, 5) is 16.7. The van der Waals surface area contributed by atoms with Gasteiger partial charge in [-0.25, -0.2) is 0 Å². The number of aliphatic hydroxyl groups excluding tert-OH is 1. The van der Waals surface area contributed by atoms with Gasteiger partial charge in [0.2, 0.25) is 0 Å². The van der Waals surface area contributed by atoms with Crippen molar-refractivity contribution in [2.75, 3.05) is 0 Å². The average molecular weight is 875 g/mol. The Bertz CT molecular complexity index is 2000. The number of aliphatic hydroxyl groups is 1. The quantitative estimate of drug-likeness (QED) is 0.0695. The van der Waals surface area contributed by atoms with Crippen LogP contribution >= 0.6 is 0 Å². The van der Waals surface area contributed by atoms with E-state index in [0.29, 0.717) is 11.3 Å². The number of nitrogens with zero attached hydrogens (tertiary/aromatic N) is 1. The Morgan fingerprint density at radius 1 is 0.865 bits per heavy atom. The molecule has 0 saturated heterocycles. The van der Waals surface area contributed by atoms with Crippen molar-refractivity contribution < 1.29 is 30.0 Å². The molecule has 4 heteroatoms. The molecule has 0 spiro atoms. The summed E-state index contributed by atoms with van der Waals surface area (Å²) >= 11 is 0. The fourth-order valence-electron chi connectivity index (χ4n) is 8.09. The van der Waals surface area contributed by atoms with Crippen LogP contribution in [-0.4, -0.2) is 15.9 Å². The summed E-state index contributed by atoms with van der Waals surface area (Å²) in [5.74, 6) is 1.19. The first-order valence-electron chi connectivity index (χ1n) is 19.5. The normalized spacial score (nSPS) is 15.2. The Kier molecular flexibility index (Phi) is 14.1. The number of ketones is 1. The predicted octanol–water partition coefficient (Wildman–Crippen LogP) is 13.9. The molecule has 5 aromatic rings. The molecule has 1 saturated carbocycles. The van der Waals surface area contributed by atoms with Gasteiger partial charge in [0.25, 0.3) is 0 Å². The minimum Gasteiger partial charge on any atom is -0.512 e. The van der Waals surface area contributed by atoms with E-state index in [4.69, 9.17) is 4.98 Å². The molecule has 0 aliphatic heterocycles. The van der Waals surface area contributed by atoms with Crippen molar-refractivity contribution in [1.29, 1.82) is 0 Å². The van der Waals surface area contributed by atoms with E-state index < -0.39 is 0 Å². The Morgan fingerprint density at radius 2 is 1.50 bits per heavy atom. The first-order chi connectivity index (χ1) is 24.3. The first kappa shape index (κ1) is 41.4. The predicted molar refractivity (Wildman–Crippen MR) is 219 cm³/mol. The Hall–Kier alpha value is -3.33. The van der Waals surface area contributed by atoms with Crippen LogP contribution in [0.1, 0.15) is 131 Å². The maximum atomic E-state index is 11.7. The minimum atomic E-state index is 0. The molecule has 0 atom stereocenters. The molecule has 1 aliphatic rings. The second-order valence-electron chi connectivity index (χ2n) is 16.6. The zero-order valence-electron chi connectivity index (χ0n) is 33.0. The van der Waals surface area contributed by atoms with Crippen molar-refractivity contribution in [3.05, 3.63) is 102 Å². The van der Waals surface area contributed by atoms with Gasteiger partial charge in [-0.15, -0.1) is 29.1 Å². The molecule has 1 fully saturated rings. The largest absolute Gasteiger partial charge is 0.512 e. The first-order valence-corrected chi connectivity index (χ1v) is 19.5. The fraction of sp³-hybridized carbons (Fsp3) is 0.458. The van der Waals surface area contributed by atoms with Crippen LogP contribution < -0.4 is 0 Å². The number of carbonyl (C=O) groups is 1. The standard InChI is InChI=1S/C35H36N.C13H24O2.Ir/c1-34(2,3)31-22-26(21-25-9-6-7-10-28(25)31)33-32-24(17-20-36-33)13-14-29-27(11-8-12-30(29)32)23-15-18-35(4,5)19-16-23;1-5-10(6-2)12(14)9-13(15)11(7-3)8-4;/h6-14,17,20,22-23H,15-16,18-19H2,1-5H3;9-11,14H,5-8H2,1-4H3;/q-1;;/b;12-9-;. The molecule has 1 N–H and O–H groups in total. The van der Waals surface area contributed by atoms with Crippen LogP contribution in [0.3, 0.4) is 0 Å². The molecule has 52 heavy (non-hydrogen) atoms. The summed E-state index contributed by atoms with van der Waals surface area (Å²) in [6.07, 6.45) is 12.0. The van der Waals surface area contributed by atoms with Crippen LogP contribution in [0.15, 0.2) is 84.8 Å². The van der Waals surface area contributed by atoms with Gasteiger partial charge < -0.3 is 5.11 Å². The third-order valence-corrected chi connectivity index (χ3v) is 11.5. The van der Waals surface area contributed by atoms with Gasteiger partial charge in [-0.2, -0.15) is 0 Å². The molecule has 1 radical (unpaired) electrons. The molecular formula is C48H60IrNO2-. The van der Waals surface area contributed by atoms with Gasteiger partial charge >= 0.3 is 0 Å². The number of pyridine rings is 1. The van der Waals surface area contributed by atoms with Crippen LogP contribution in [0.2, 0.25) is 0 Å². The topological polar surface area (TPSA) is 50.2 Å². The second-order valence-corrected chi connectivity index (χ2v) is 16.6. The Balaban J connectivity index is 0.000000323. The van der Waals surface area contributed by atoms with E-state index in [1.165, 1.54) is 69.8 Å². The van der Waals surface area contributed by atoms with Crippen molar-refractivity contribution in [2.45, 2.75) is 125 Å². The molecule has 0 amide bonds. The molecule has 3 nitrogen and oxygen atoms in total. The third-order valence-electron chi connectivity index (χ3n) is 11.5. The van der Waals surface area contributed by atoms with Gasteiger partial charge in [0.1, 0.15) is 0 Å². The van der Waals surface area contributed by atoms with Gasteiger partial charge in [-0.1, -0.05) is 122 Å². The van der Waals surface area contributed by atoms with Crippen molar-refractivity contribution in [1.82, 2.24) is 4.98 Å². The van der Waals surface area contributed by atoms with Crippen molar-refractivity contribution in [3.63, 3.8) is 0 Å². The maximum Gasteiger partial charge on any atom is 0.162 e. The monoisotopic (exact) mass is 875 g/mol. The Labute approximate surface area is 327 Å². The smallest absolute Gasteiger partial charge is 0.162 e. The molecule has 1 aromatic heterocycles. The molecule has 4 aromatic carbocycles. The van der Waals surface area contributed by atoms with Crippen molar-refractivity contribution in [2.24, 2.45) is 17.3 Å². The van der Waals surface area contributed by atoms with E-state index in [9.17, 15) is 9.90 Å². The summed E-state index contributed by atoms with van der Waals surface area (Å²) in [5.41, 5.74) is 5.48. The summed E-state index contributed by atoms with van der Waals surface area (Å²) < 4.78 is 0. The molecular weight excluding hydrogens is 815 g/mol. The zero-order valence-corrected chi connectivity index (χ0v) is 35.4. The number of fused-ring (bicyclic) bond motifs is 4. The number of hydrogen-bond acceptors (Lipinski definition) is 3. The van der Waals surface area contributed by atoms with Gasteiger partial charge in [0, 0.05) is 49.9 Å². The van der Waals surface area contributed by atoms with Crippen molar-refractivity contribution >= 4 is 38.1 Å². The minimum absolute atomic E-state index is 0. The third kappa shape index (κ3) is 9.23. The van der Waals surface area contributed by atoms with E-state index >= 15 is 0 Å². The summed E-state index contributed by atoms with van der Waals surface area (Å²) in [7, 11) is 0. The maximum absolute atomic E-state index is 11.7. The molecule has 279 valence electrons. The van der Waals surface area contributed by atoms with Gasteiger partial charge in [-0.3, -0.25) is 9.78 Å². The number of carbonyl (C=O) groups excluding carboxylic acids is 1. The second kappa shape index (κ2) is 17.7. The summed E-state index contributed by atoms with van der Waals surface area (Å²) in [6.45, 7) is 19.8. The summed E-state index contributed by atoms with van der Waals surface area (Å²) in [5, 5.41) is 17.4. The molecule has 0 bridgehead atoms. The SMILES string of the molecule is CC1(C)CCC(c2cccc3c2ccc2ccnc(-c4[c-]c5ccccc5c(C(C)(C)C)c4)c23)CC1.CCC(CC)C(=O)/C=C(\O)C(CC)CC.[Ir]. The van der Waals surface area contributed by atoms with Crippen LogP contribution in [0.5, 0.6) is 0 Å². The molecule has 1 heterocycles. The number of hydrogen-bond donors (Lipinski definition) is 1. The Morgan fingerprint density at radius 3 is 2.13 bits per heavy atom. The van der Waals surface area contributed by atoms with Crippen LogP contribution in [0.25, 0.3) is 43.6 Å². The van der Waals surface area contributed by atoms with E-state index in [0.717, 1.165) is 42.3 Å². The molecule has 1 aliphatic carbocycles. The summed E-state index contributed by atoms with van der Waals surface area (Å²) in [6, 6.07) is 28.4. The molecule has 0 unspecified atom stereocenters. The number of benzene rings is 4. The van der Waals surface area contributed by atoms with Crippen LogP contribution in [0, 0.1) is 23.3 Å². The van der Waals surface area contributed by atoms with E-state index in [-0.39, 0.29) is 48.9 Å². The number of allylic oxidation sites excluding steroid dienone is 2. The van der Waals surface area contributed by atoms with Gasteiger partial charge in [0.05, 0.1) is 5.76 Å². The van der Waals surface area contributed by atoms with E-state index in [2.05, 4.69) is 107 Å². The van der Waals surface area contributed by atoms with Gasteiger partial charge in [0.15, 0.2) is 5.78 Å². The van der Waals surface area contributed by atoms with Crippen LogP contribution in [-0.2, 0) is 30.3 Å². The fourth-order valence-corrected chi connectivity index (χ4v) is 8.09. The average Bonchev–Trinajstić information content (AvgIpc) is 3.11.